The lowest BCUT2D eigenvalue weighted by atomic mass is 9.51. The van der Waals surface area contributed by atoms with Crippen LogP contribution in [0.2, 0.25) is 0 Å². The van der Waals surface area contributed by atoms with Gasteiger partial charge in [0.25, 0.3) is 0 Å². The van der Waals surface area contributed by atoms with Crippen molar-refractivity contribution in [2.45, 2.75) is 87.5 Å². The molecule has 2 rings (SSSR count). The Labute approximate surface area is 134 Å². The third-order valence-corrected chi connectivity index (χ3v) is 7.79. The molecule has 21 heavy (non-hydrogen) atoms. The summed E-state index contributed by atoms with van der Waals surface area (Å²) in [7, 11) is 0. The number of hydrogen-bond donors (Lipinski definition) is 0. The molecule has 0 saturated heterocycles. The van der Waals surface area contributed by atoms with Crippen LogP contribution in [0.3, 0.4) is 0 Å². The predicted octanol–water partition coefficient (Wildman–Crippen LogP) is 6.79. The van der Waals surface area contributed by atoms with Gasteiger partial charge in [-0.05, 0) is 65.6 Å². The molecule has 0 aromatic rings. The highest BCUT2D eigenvalue weighted by molar-refractivity contribution is 5.26. The molecular formula is C21H40. The summed E-state index contributed by atoms with van der Waals surface area (Å²) in [6.07, 6.45) is 7.26. The second-order valence-electron chi connectivity index (χ2n) is 9.32. The van der Waals surface area contributed by atoms with Crippen LogP contribution in [0.1, 0.15) is 87.5 Å². The topological polar surface area (TPSA) is 0 Å². The molecule has 124 valence electrons. The van der Waals surface area contributed by atoms with Gasteiger partial charge in [-0.3, -0.25) is 0 Å². The summed E-state index contributed by atoms with van der Waals surface area (Å²) in [4.78, 5) is 0. The molecule has 0 radical (unpaired) electrons. The van der Waals surface area contributed by atoms with Crippen LogP contribution >= 0.6 is 0 Å². The molecular weight excluding hydrogens is 252 g/mol. The molecule has 0 aliphatic heterocycles. The summed E-state index contributed by atoms with van der Waals surface area (Å²) in [5.41, 5.74) is 1.39. The SMILES string of the molecule is CCC(C)CC(C)C1(C(C)C)CC12CC(CC)C2C(C)C. The van der Waals surface area contributed by atoms with E-state index < -0.39 is 0 Å². The zero-order chi connectivity index (χ0) is 16.0. The van der Waals surface area contributed by atoms with Crippen molar-refractivity contribution in [1.82, 2.24) is 0 Å². The summed E-state index contributed by atoms with van der Waals surface area (Å²) in [6.45, 7) is 19.8. The van der Waals surface area contributed by atoms with Crippen LogP contribution in [0.15, 0.2) is 0 Å². The van der Waals surface area contributed by atoms with Gasteiger partial charge in [-0.2, -0.15) is 0 Å². The van der Waals surface area contributed by atoms with Gasteiger partial charge in [0.2, 0.25) is 0 Å². The van der Waals surface area contributed by atoms with E-state index in [0.29, 0.717) is 5.41 Å². The van der Waals surface area contributed by atoms with Gasteiger partial charge in [-0.1, -0.05) is 68.2 Å². The van der Waals surface area contributed by atoms with Gasteiger partial charge in [0, 0.05) is 0 Å². The molecule has 2 aliphatic carbocycles. The maximum absolute atomic E-state index is 2.58. The van der Waals surface area contributed by atoms with Crippen LogP contribution in [0.25, 0.3) is 0 Å². The van der Waals surface area contributed by atoms with Crippen molar-refractivity contribution in [3.05, 3.63) is 0 Å². The van der Waals surface area contributed by atoms with Crippen molar-refractivity contribution < 1.29 is 0 Å². The van der Waals surface area contributed by atoms with E-state index in [2.05, 4.69) is 55.4 Å². The van der Waals surface area contributed by atoms with E-state index in [1.165, 1.54) is 32.1 Å². The maximum Gasteiger partial charge on any atom is -0.0183 e. The summed E-state index contributed by atoms with van der Waals surface area (Å²) in [6, 6.07) is 0. The van der Waals surface area contributed by atoms with Crippen LogP contribution < -0.4 is 0 Å². The maximum atomic E-state index is 2.58. The fraction of sp³-hybridized carbons (Fsp3) is 1.00. The Morgan fingerprint density at radius 2 is 1.62 bits per heavy atom. The Kier molecular flexibility index (Phi) is 4.87. The third-order valence-electron chi connectivity index (χ3n) is 7.79. The van der Waals surface area contributed by atoms with Crippen LogP contribution in [0.4, 0.5) is 0 Å². The van der Waals surface area contributed by atoms with Gasteiger partial charge in [0.15, 0.2) is 0 Å². The highest BCUT2D eigenvalue weighted by Crippen LogP contribution is 2.84. The molecule has 0 amide bonds. The third kappa shape index (κ3) is 2.40. The lowest BCUT2D eigenvalue weighted by molar-refractivity contribution is -0.0532. The van der Waals surface area contributed by atoms with E-state index in [0.717, 1.165) is 40.9 Å². The van der Waals surface area contributed by atoms with Gasteiger partial charge in [0.05, 0.1) is 0 Å². The first-order valence-electron chi connectivity index (χ1n) is 9.76. The summed E-state index contributed by atoms with van der Waals surface area (Å²) in [5.74, 6) is 5.56. The molecule has 2 aliphatic rings. The smallest absolute Gasteiger partial charge is 0.0183 e. The minimum absolute atomic E-state index is 0.664. The average molecular weight is 293 g/mol. The van der Waals surface area contributed by atoms with Crippen molar-refractivity contribution in [3.63, 3.8) is 0 Å². The monoisotopic (exact) mass is 292 g/mol. The molecule has 0 N–H and O–H groups in total. The molecule has 2 saturated carbocycles. The van der Waals surface area contributed by atoms with Gasteiger partial charge in [-0.15, -0.1) is 0 Å². The zero-order valence-corrected chi connectivity index (χ0v) is 16.0. The van der Waals surface area contributed by atoms with E-state index in [9.17, 15) is 0 Å². The fourth-order valence-corrected chi connectivity index (χ4v) is 6.76. The second kappa shape index (κ2) is 5.89. The van der Waals surface area contributed by atoms with E-state index in [4.69, 9.17) is 0 Å². The molecule has 0 nitrogen and oxygen atoms in total. The molecule has 0 heteroatoms. The summed E-state index contributed by atoms with van der Waals surface area (Å²) < 4.78 is 0. The first-order chi connectivity index (χ1) is 9.76. The molecule has 6 unspecified atom stereocenters. The first kappa shape index (κ1) is 17.4. The van der Waals surface area contributed by atoms with E-state index in [-0.39, 0.29) is 0 Å². The largest absolute Gasteiger partial charge is 0.0651 e. The Hall–Kier alpha value is 0. The molecule has 6 atom stereocenters. The van der Waals surface area contributed by atoms with Gasteiger partial charge < -0.3 is 0 Å². The van der Waals surface area contributed by atoms with Crippen LogP contribution in [-0.4, -0.2) is 0 Å². The van der Waals surface area contributed by atoms with Crippen LogP contribution in [0, 0.1) is 46.3 Å². The normalized spacial score (nSPS) is 41.4. The quantitative estimate of drug-likeness (QED) is 0.484. The molecule has 0 aromatic carbocycles. The first-order valence-corrected chi connectivity index (χ1v) is 9.76. The van der Waals surface area contributed by atoms with Crippen molar-refractivity contribution in [2.24, 2.45) is 46.3 Å². The van der Waals surface area contributed by atoms with Crippen LogP contribution in [-0.2, 0) is 0 Å². The highest BCUT2D eigenvalue weighted by Gasteiger charge is 2.78. The molecule has 0 heterocycles. The van der Waals surface area contributed by atoms with Crippen molar-refractivity contribution in [3.8, 4) is 0 Å². The fourth-order valence-electron chi connectivity index (χ4n) is 6.76. The highest BCUT2D eigenvalue weighted by atomic mass is 14.8. The predicted molar refractivity (Wildman–Crippen MR) is 94.3 cm³/mol. The minimum atomic E-state index is 0.664. The number of rotatable bonds is 7. The number of hydrogen-bond acceptors (Lipinski definition) is 0. The van der Waals surface area contributed by atoms with Gasteiger partial charge in [-0.25, -0.2) is 0 Å². The van der Waals surface area contributed by atoms with Crippen molar-refractivity contribution in [1.29, 1.82) is 0 Å². The molecule has 0 bridgehead atoms. The summed E-state index contributed by atoms with van der Waals surface area (Å²) >= 11 is 0. The van der Waals surface area contributed by atoms with Crippen LogP contribution in [0.5, 0.6) is 0 Å². The molecule has 2 fully saturated rings. The Balaban J connectivity index is 2.20. The average Bonchev–Trinajstić information content (AvgIpc) is 3.08. The van der Waals surface area contributed by atoms with E-state index in [1.807, 2.05) is 0 Å². The zero-order valence-electron chi connectivity index (χ0n) is 16.0. The van der Waals surface area contributed by atoms with Gasteiger partial charge in [0.1, 0.15) is 0 Å². The Morgan fingerprint density at radius 1 is 1.00 bits per heavy atom. The van der Waals surface area contributed by atoms with E-state index in [1.54, 1.807) is 0 Å². The standard InChI is InChI=1S/C21H40/c1-9-16(7)11-17(8)21(15(5)6)13-20(21)12-18(10-2)19(20)14(3)4/h14-19H,9-13H2,1-8H3. The van der Waals surface area contributed by atoms with E-state index >= 15 is 0 Å². The van der Waals surface area contributed by atoms with Gasteiger partial charge >= 0.3 is 0 Å². The summed E-state index contributed by atoms with van der Waals surface area (Å²) in [5, 5.41) is 0. The van der Waals surface area contributed by atoms with Crippen molar-refractivity contribution >= 4 is 0 Å². The Morgan fingerprint density at radius 3 is 2.05 bits per heavy atom. The molecule has 0 aromatic heterocycles. The lowest BCUT2D eigenvalue weighted by Gasteiger charge is -2.53. The minimum Gasteiger partial charge on any atom is -0.0651 e. The Bertz CT molecular complexity index is 355. The lowest BCUT2D eigenvalue weighted by Crippen LogP contribution is -2.47. The molecule has 1 spiro atoms. The second-order valence-corrected chi connectivity index (χ2v) is 9.32. The van der Waals surface area contributed by atoms with Crippen molar-refractivity contribution in [2.75, 3.05) is 0 Å².